The molecule has 1 aromatic carbocycles. The SMILES string of the molecule is C/C(=C\CSCC(CC(=O)c1cc(O)c(O)c(O)c1)C(=O)O)CCCC(C)CCCC(C)CCCC(C)C. The predicted octanol–water partition coefficient (Wildman–Crippen LogP) is 8.20. The molecule has 0 aliphatic carbocycles. The zero-order valence-electron chi connectivity index (χ0n) is 24.0. The molecule has 0 aliphatic heterocycles. The second-order valence-corrected chi connectivity index (χ2v) is 12.5. The molecule has 0 bridgehead atoms. The van der Waals surface area contributed by atoms with Gasteiger partial charge in [0.05, 0.1) is 5.92 Å². The maximum absolute atomic E-state index is 12.5. The maximum Gasteiger partial charge on any atom is 0.307 e. The number of hydrogen-bond donors (Lipinski definition) is 4. The number of phenolic OH excluding ortho intramolecular Hbond substituents is 3. The van der Waals surface area contributed by atoms with Gasteiger partial charge in [-0.15, -0.1) is 0 Å². The summed E-state index contributed by atoms with van der Waals surface area (Å²) in [6.45, 7) is 11.5. The Bertz CT molecular complexity index is 871. The van der Waals surface area contributed by atoms with E-state index in [9.17, 15) is 30.0 Å². The number of aliphatic carboxylic acids is 1. The van der Waals surface area contributed by atoms with Crippen LogP contribution in [0.15, 0.2) is 23.8 Å². The fourth-order valence-electron chi connectivity index (χ4n) is 4.55. The number of carboxylic acids is 1. The third-order valence-corrected chi connectivity index (χ3v) is 8.22. The molecule has 6 nitrogen and oxygen atoms in total. The van der Waals surface area contributed by atoms with Crippen molar-refractivity contribution in [2.75, 3.05) is 11.5 Å². The molecular weight excluding hydrogens is 500 g/mol. The smallest absolute Gasteiger partial charge is 0.307 e. The number of phenols is 3. The van der Waals surface area contributed by atoms with Crippen LogP contribution in [0.5, 0.6) is 17.2 Å². The molecule has 0 saturated heterocycles. The molecule has 1 rings (SSSR count). The molecular formula is C31H50O6S. The van der Waals surface area contributed by atoms with Crippen molar-refractivity contribution in [1.82, 2.24) is 0 Å². The molecule has 0 aromatic heterocycles. The summed E-state index contributed by atoms with van der Waals surface area (Å²) in [4.78, 5) is 24.1. The first kappa shape index (κ1) is 33.9. The number of Topliss-reactive ketones (excluding diaryl/α,β-unsaturated/α-hetero) is 1. The van der Waals surface area contributed by atoms with E-state index in [2.05, 4.69) is 40.7 Å². The van der Waals surface area contributed by atoms with E-state index in [4.69, 9.17) is 0 Å². The van der Waals surface area contributed by atoms with E-state index in [1.807, 2.05) is 0 Å². The molecule has 0 amide bonds. The van der Waals surface area contributed by atoms with E-state index in [0.29, 0.717) is 5.75 Å². The van der Waals surface area contributed by atoms with Crippen molar-refractivity contribution in [1.29, 1.82) is 0 Å². The molecule has 0 radical (unpaired) electrons. The molecule has 0 heterocycles. The largest absolute Gasteiger partial charge is 0.504 e. The van der Waals surface area contributed by atoms with E-state index in [1.165, 1.54) is 62.3 Å². The van der Waals surface area contributed by atoms with Gasteiger partial charge in [0, 0.05) is 23.5 Å². The lowest BCUT2D eigenvalue weighted by molar-refractivity contribution is -0.140. The van der Waals surface area contributed by atoms with Gasteiger partial charge in [-0.05, 0) is 49.7 Å². The quantitative estimate of drug-likeness (QED) is 0.0560. The summed E-state index contributed by atoms with van der Waals surface area (Å²) in [6, 6.07) is 2.07. The Morgan fingerprint density at radius 3 is 1.92 bits per heavy atom. The second kappa shape index (κ2) is 18.2. The average molecular weight is 551 g/mol. The summed E-state index contributed by atoms with van der Waals surface area (Å²) in [5, 5.41) is 38.2. The monoisotopic (exact) mass is 550 g/mol. The zero-order valence-corrected chi connectivity index (χ0v) is 24.9. The zero-order chi connectivity index (χ0) is 28.7. The van der Waals surface area contributed by atoms with Gasteiger partial charge in [0.25, 0.3) is 0 Å². The summed E-state index contributed by atoms with van der Waals surface area (Å²) in [5.74, 6) is -1.03. The topological polar surface area (TPSA) is 115 Å². The van der Waals surface area contributed by atoms with E-state index in [1.54, 1.807) is 0 Å². The Labute approximate surface area is 233 Å². The highest BCUT2D eigenvalue weighted by Gasteiger charge is 2.23. The average Bonchev–Trinajstić information content (AvgIpc) is 2.83. The number of aromatic hydroxyl groups is 3. The number of carboxylic acid groups (broad SMARTS) is 1. The van der Waals surface area contributed by atoms with E-state index >= 15 is 0 Å². The fourth-order valence-corrected chi connectivity index (χ4v) is 5.63. The van der Waals surface area contributed by atoms with Crippen LogP contribution in [0.2, 0.25) is 0 Å². The molecule has 3 atom stereocenters. The molecule has 1 aromatic rings. The van der Waals surface area contributed by atoms with Gasteiger partial charge in [0.2, 0.25) is 0 Å². The van der Waals surface area contributed by atoms with E-state index in [0.717, 1.165) is 42.7 Å². The minimum atomic E-state index is -1.06. The van der Waals surface area contributed by atoms with Crippen molar-refractivity contribution in [3.8, 4) is 17.2 Å². The van der Waals surface area contributed by atoms with Crippen molar-refractivity contribution >= 4 is 23.5 Å². The maximum atomic E-state index is 12.5. The fraction of sp³-hybridized carbons (Fsp3) is 0.677. The van der Waals surface area contributed by atoms with Gasteiger partial charge in [-0.2, -0.15) is 11.8 Å². The standard InChI is InChI=1S/C31H50O6S/c1-21(2)9-6-10-22(3)11-7-12-23(4)13-8-14-24(5)15-16-38-20-26(31(36)37)19-27(32)25-17-28(33)30(35)29(34)18-25/h15,17-18,21-23,26,33-35H,6-14,16,19-20H2,1-5H3,(H,36,37)/b24-15+. The number of benzene rings is 1. The van der Waals surface area contributed by atoms with Gasteiger partial charge in [0.1, 0.15) is 0 Å². The van der Waals surface area contributed by atoms with Crippen LogP contribution in [0.25, 0.3) is 0 Å². The first-order chi connectivity index (χ1) is 17.9. The van der Waals surface area contributed by atoms with Crippen molar-refractivity contribution in [2.24, 2.45) is 23.7 Å². The van der Waals surface area contributed by atoms with Gasteiger partial charge >= 0.3 is 5.97 Å². The molecule has 4 N–H and O–H groups in total. The molecule has 216 valence electrons. The molecule has 0 spiro atoms. The van der Waals surface area contributed by atoms with Crippen molar-refractivity contribution in [2.45, 2.75) is 98.8 Å². The van der Waals surface area contributed by atoms with Gasteiger partial charge in [-0.1, -0.05) is 84.3 Å². The second-order valence-electron chi connectivity index (χ2n) is 11.5. The molecule has 0 fully saturated rings. The van der Waals surface area contributed by atoms with Crippen LogP contribution in [-0.4, -0.2) is 43.7 Å². The highest BCUT2D eigenvalue weighted by Crippen LogP contribution is 2.36. The lowest BCUT2D eigenvalue weighted by Gasteiger charge is -2.15. The summed E-state index contributed by atoms with van der Waals surface area (Å²) >= 11 is 1.48. The summed E-state index contributed by atoms with van der Waals surface area (Å²) < 4.78 is 0. The summed E-state index contributed by atoms with van der Waals surface area (Å²) in [7, 11) is 0. The van der Waals surface area contributed by atoms with Crippen molar-refractivity contribution in [3.05, 3.63) is 29.3 Å². The number of hydrogen-bond acceptors (Lipinski definition) is 6. The molecule has 3 unspecified atom stereocenters. The van der Waals surface area contributed by atoms with Crippen molar-refractivity contribution < 1.29 is 30.0 Å². The Morgan fingerprint density at radius 1 is 0.868 bits per heavy atom. The van der Waals surface area contributed by atoms with E-state index < -0.39 is 34.9 Å². The van der Waals surface area contributed by atoms with Gasteiger partial charge in [0.15, 0.2) is 23.0 Å². The number of allylic oxidation sites excluding steroid dienone is 1. The van der Waals surface area contributed by atoms with Crippen LogP contribution in [-0.2, 0) is 4.79 Å². The van der Waals surface area contributed by atoms with Gasteiger partial charge in [-0.3, -0.25) is 9.59 Å². The first-order valence-electron chi connectivity index (χ1n) is 14.1. The van der Waals surface area contributed by atoms with Crippen LogP contribution in [0.1, 0.15) is 109 Å². The molecule has 0 aliphatic rings. The van der Waals surface area contributed by atoms with Gasteiger partial charge < -0.3 is 20.4 Å². The number of carbonyl (C=O) groups excluding carboxylic acids is 1. The van der Waals surface area contributed by atoms with Crippen LogP contribution in [0.3, 0.4) is 0 Å². The molecule has 0 saturated carbocycles. The lowest BCUT2D eigenvalue weighted by atomic mass is 9.91. The van der Waals surface area contributed by atoms with Crippen LogP contribution < -0.4 is 0 Å². The first-order valence-corrected chi connectivity index (χ1v) is 15.3. The Morgan fingerprint density at radius 2 is 1.39 bits per heavy atom. The highest BCUT2D eigenvalue weighted by atomic mass is 32.2. The van der Waals surface area contributed by atoms with E-state index in [-0.39, 0.29) is 17.7 Å². The Balaban J connectivity index is 2.30. The number of carbonyl (C=O) groups is 2. The third-order valence-electron chi connectivity index (χ3n) is 7.18. The number of rotatable bonds is 20. The number of ketones is 1. The van der Waals surface area contributed by atoms with Crippen LogP contribution in [0.4, 0.5) is 0 Å². The summed E-state index contributed by atoms with van der Waals surface area (Å²) in [6.07, 6.45) is 13.3. The molecule has 38 heavy (non-hydrogen) atoms. The third kappa shape index (κ3) is 14.1. The van der Waals surface area contributed by atoms with Gasteiger partial charge in [-0.25, -0.2) is 0 Å². The Hall–Kier alpha value is -2.15. The normalized spacial score (nSPS) is 14.4. The molecule has 7 heteroatoms. The van der Waals surface area contributed by atoms with Crippen LogP contribution >= 0.6 is 11.8 Å². The minimum Gasteiger partial charge on any atom is -0.504 e. The summed E-state index contributed by atoms with van der Waals surface area (Å²) in [5.41, 5.74) is 1.27. The van der Waals surface area contributed by atoms with Crippen LogP contribution in [0, 0.1) is 23.7 Å². The predicted molar refractivity (Wildman–Crippen MR) is 157 cm³/mol. The minimum absolute atomic E-state index is 0.0323. The van der Waals surface area contributed by atoms with Crippen molar-refractivity contribution in [3.63, 3.8) is 0 Å². The lowest BCUT2D eigenvalue weighted by Crippen LogP contribution is -2.20. The number of thioether (sulfide) groups is 1. The Kier molecular flexibility index (Phi) is 16.2. The highest BCUT2D eigenvalue weighted by molar-refractivity contribution is 7.99.